The van der Waals surface area contributed by atoms with Crippen LogP contribution in [0.2, 0.25) is 0 Å². The summed E-state index contributed by atoms with van der Waals surface area (Å²) in [6.07, 6.45) is 3.03. The molecule has 0 radical (unpaired) electrons. The Balaban J connectivity index is 2.32. The third-order valence-electron chi connectivity index (χ3n) is 2.94. The first-order valence-electron chi connectivity index (χ1n) is 5.36. The fraction of sp³-hybridized carbons (Fsp3) is 0.385. The van der Waals surface area contributed by atoms with Crippen molar-refractivity contribution in [1.29, 1.82) is 0 Å². The summed E-state index contributed by atoms with van der Waals surface area (Å²) in [7, 11) is 1.94. The summed E-state index contributed by atoms with van der Waals surface area (Å²) in [4.78, 5) is 0. The molecule has 1 aliphatic rings. The number of hydrogen-bond donors (Lipinski definition) is 1. The maximum atomic E-state index is 5.81. The SMILES string of the molecule is C=CC(NC)C1OCCc2ccccc21. The van der Waals surface area contributed by atoms with Crippen LogP contribution in [0.1, 0.15) is 17.2 Å². The first-order chi connectivity index (χ1) is 7.36. The average molecular weight is 203 g/mol. The molecule has 2 unspecified atom stereocenters. The molecule has 0 bridgehead atoms. The molecule has 2 rings (SSSR count). The number of nitrogens with one attached hydrogen (secondary N) is 1. The van der Waals surface area contributed by atoms with E-state index in [2.05, 4.69) is 36.2 Å². The lowest BCUT2D eigenvalue weighted by molar-refractivity contribution is 0.0279. The molecule has 0 spiro atoms. The molecule has 0 fully saturated rings. The zero-order valence-corrected chi connectivity index (χ0v) is 9.07. The van der Waals surface area contributed by atoms with Gasteiger partial charge in [-0.2, -0.15) is 0 Å². The molecular formula is C13H17NO. The van der Waals surface area contributed by atoms with Crippen LogP contribution in [0.5, 0.6) is 0 Å². The van der Waals surface area contributed by atoms with Gasteiger partial charge in [-0.25, -0.2) is 0 Å². The van der Waals surface area contributed by atoms with Crippen molar-refractivity contribution in [2.24, 2.45) is 0 Å². The van der Waals surface area contributed by atoms with E-state index in [1.807, 2.05) is 13.1 Å². The van der Waals surface area contributed by atoms with Crippen LogP contribution >= 0.6 is 0 Å². The predicted octanol–water partition coefficient (Wildman–Crippen LogP) is 2.07. The van der Waals surface area contributed by atoms with Gasteiger partial charge in [0.1, 0.15) is 6.10 Å². The van der Waals surface area contributed by atoms with Crippen LogP contribution in [0.4, 0.5) is 0 Å². The third-order valence-corrected chi connectivity index (χ3v) is 2.94. The molecule has 1 aromatic rings. The molecular weight excluding hydrogens is 186 g/mol. The van der Waals surface area contributed by atoms with Crippen LogP contribution in [0.3, 0.4) is 0 Å². The highest BCUT2D eigenvalue weighted by atomic mass is 16.5. The van der Waals surface area contributed by atoms with E-state index < -0.39 is 0 Å². The highest BCUT2D eigenvalue weighted by molar-refractivity contribution is 5.32. The summed E-state index contributed by atoms with van der Waals surface area (Å²) >= 11 is 0. The smallest absolute Gasteiger partial charge is 0.102 e. The van der Waals surface area contributed by atoms with Crippen molar-refractivity contribution in [3.05, 3.63) is 48.0 Å². The van der Waals surface area contributed by atoms with Gasteiger partial charge in [-0.05, 0) is 24.6 Å². The molecule has 0 aliphatic carbocycles. The minimum absolute atomic E-state index is 0.109. The standard InChI is InChI=1S/C13H17NO/c1-3-12(14-2)13-11-7-5-4-6-10(11)8-9-15-13/h3-7,12-14H,1,8-9H2,2H3. The van der Waals surface area contributed by atoms with E-state index >= 15 is 0 Å². The van der Waals surface area contributed by atoms with Crippen LogP contribution in [0, 0.1) is 0 Å². The number of rotatable bonds is 3. The van der Waals surface area contributed by atoms with E-state index in [0.29, 0.717) is 0 Å². The van der Waals surface area contributed by atoms with Gasteiger partial charge in [-0.1, -0.05) is 30.3 Å². The Hall–Kier alpha value is -1.12. The van der Waals surface area contributed by atoms with Crippen LogP contribution < -0.4 is 5.32 Å². The molecule has 2 heteroatoms. The third kappa shape index (κ3) is 1.96. The van der Waals surface area contributed by atoms with Crippen molar-refractivity contribution < 1.29 is 4.74 Å². The molecule has 80 valence electrons. The second-order valence-electron chi connectivity index (χ2n) is 3.79. The number of likely N-dealkylation sites (N-methyl/N-ethyl adjacent to an activating group) is 1. The molecule has 1 N–H and O–H groups in total. The largest absolute Gasteiger partial charge is 0.371 e. The van der Waals surface area contributed by atoms with Crippen LogP contribution in [-0.4, -0.2) is 19.7 Å². The topological polar surface area (TPSA) is 21.3 Å². The Kier molecular flexibility index (Phi) is 3.19. The Labute approximate surface area is 91.0 Å². The first kappa shape index (κ1) is 10.4. The van der Waals surface area contributed by atoms with Gasteiger partial charge in [0.25, 0.3) is 0 Å². The molecule has 0 amide bonds. The van der Waals surface area contributed by atoms with Crippen molar-refractivity contribution >= 4 is 0 Å². The van der Waals surface area contributed by atoms with Crippen molar-refractivity contribution in [3.63, 3.8) is 0 Å². The lowest BCUT2D eigenvalue weighted by atomic mass is 9.93. The van der Waals surface area contributed by atoms with Gasteiger partial charge in [0.05, 0.1) is 12.6 Å². The number of fused-ring (bicyclic) bond motifs is 1. The van der Waals surface area contributed by atoms with E-state index in [1.54, 1.807) is 0 Å². The van der Waals surface area contributed by atoms with Crippen LogP contribution in [-0.2, 0) is 11.2 Å². The Morgan fingerprint density at radius 1 is 1.53 bits per heavy atom. The Bertz CT molecular complexity index is 348. The predicted molar refractivity (Wildman–Crippen MR) is 61.9 cm³/mol. The monoisotopic (exact) mass is 203 g/mol. The summed E-state index contributed by atoms with van der Waals surface area (Å²) in [5.74, 6) is 0. The van der Waals surface area contributed by atoms with Gasteiger partial charge < -0.3 is 10.1 Å². The first-order valence-corrected chi connectivity index (χ1v) is 5.36. The molecule has 15 heavy (non-hydrogen) atoms. The van der Waals surface area contributed by atoms with E-state index in [-0.39, 0.29) is 12.1 Å². The Morgan fingerprint density at radius 2 is 2.33 bits per heavy atom. The molecule has 2 nitrogen and oxygen atoms in total. The van der Waals surface area contributed by atoms with Gasteiger partial charge in [0.2, 0.25) is 0 Å². The fourth-order valence-corrected chi connectivity index (χ4v) is 2.11. The minimum Gasteiger partial charge on any atom is -0.371 e. The normalized spacial score (nSPS) is 21.8. The molecule has 0 saturated heterocycles. The maximum Gasteiger partial charge on any atom is 0.102 e. The van der Waals surface area contributed by atoms with Crippen molar-refractivity contribution in [3.8, 4) is 0 Å². The number of benzene rings is 1. The second-order valence-corrected chi connectivity index (χ2v) is 3.79. The highest BCUT2D eigenvalue weighted by Crippen LogP contribution is 2.29. The Morgan fingerprint density at radius 3 is 3.07 bits per heavy atom. The van der Waals surface area contributed by atoms with E-state index in [9.17, 15) is 0 Å². The second kappa shape index (κ2) is 4.60. The van der Waals surface area contributed by atoms with Crippen LogP contribution in [0.25, 0.3) is 0 Å². The lowest BCUT2D eigenvalue weighted by Crippen LogP contribution is -2.34. The molecule has 2 atom stereocenters. The summed E-state index contributed by atoms with van der Waals surface area (Å²) in [6, 6.07) is 8.67. The average Bonchev–Trinajstić information content (AvgIpc) is 2.31. The van der Waals surface area contributed by atoms with E-state index in [0.717, 1.165) is 13.0 Å². The van der Waals surface area contributed by atoms with E-state index in [1.165, 1.54) is 11.1 Å². The minimum atomic E-state index is 0.109. The number of ether oxygens (including phenoxy) is 1. The van der Waals surface area contributed by atoms with Crippen molar-refractivity contribution in [2.75, 3.05) is 13.7 Å². The summed E-state index contributed by atoms with van der Waals surface area (Å²) in [5, 5.41) is 3.22. The van der Waals surface area contributed by atoms with Gasteiger partial charge in [0, 0.05) is 0 Å². The van der Waals surface area contributed by atoms with Gasteiger partial charge in [-0.15, -0.1) is 6.58 Å². The zero-order valence-electron chi connectivity index (χ0n) is 9.07. The zero-order chi connectivity index (χ0) is 10.7. The fourth-order valence-electron chi connectivity index (χ4n) is 2.11. The van der Waals surface area contributed by atoms with Crippen LogP contribution in [0.15, 0.2) is 36.9 Å². The van der Waals surface area contributed by atoms with Gasteiger partial charge in [-0.3, -0.25) is 0 Å². The number of hydrogen-bond acceptors (Lipinski definition) is 2. The molecule has 1 aliphatic heterocycles. The summed E-state index contributed by atoms with van der Waals surface area (Å²) in [5.41, 5.74) is 2.69. The molecule has 0 saturated carbocycles. The molecule has 1 heterocycles. The lowest BCUT2D eigenvalue weighted by Gasteiger charge is -2.30. The highest BCUT2D eigenvalue weighted by Gasteiger charge is 2.25. The quantitative estimate of drug-likeness (QED) is 0.759. The van der Waals surface area contributed by atoms with Crippen molar-refractivity contribution in [1.82, 2.24) is 5.32 Å². The summed E-state index contributed by atoms with van der Waals surface area (Å²) < 4.78 is 5.81. The molecule has 0 aromatic heterocycles. The molecule has 1 aromatic carbocycles. The van der Waals surface area contributed by atoms with Crippen molar-refractivity contribution in [2.45, 2.75) is 18.6 Å². The maximum absolute atomic E-state index is 5.81. The van der Waals surface area contributed by atoms with Gasteiger partial charge in [0.15, 0.2) is 0 Å². The van der Waals surface area contributed by atoms with E-state index in [4.69, 9.17) is 4.74 Å². The van der Waals surface area contributed by atoms with Gasteiger partial charge >= 0.3 is 0 Å². The summed E-state index contributed by atoms with van der Waals surface area (Å²) in [6.45, 7) is 4.64.